The molecule has 1 aromatic rings. The number of carbonyl (C=O) groups excluding carboxylic acids is 1. The number of amides is 1. The van der Waals surface area contributed by atoms with Gasteiger partial charge < -0.3 is 14.4 Å². The van der Waals surface area contributed by atoms with Crippen LogP contribution in [0.25, 0.3) is 0 Å². The number of nitrogens with zero attached hydrogens (tertiary/aromatic N) is 3. The molecule has 2 aliphatic rings. The Morgan fingerprint density at radius 1 is 0.923 bits per heavy atom. The van der Waals surface area contributed by atoms with Gasteiger partial charge in [-0.15, -0.1) is 0 Å². The van der Waals surface area contributed by atoms with E-state index in [9.17, 15) is 4.79 Å². The van der Waals surface area contributed by atoms with Crippen LogP contribution in [0.4, 0.5) is 0 Å². The van der Waals surface area contributed by atoms with Gasteiger partial charge in [0.15, 0.2) is 0 Å². The summed E-state index contributed by atoms with van der Waals surface area (Å²) in [6.45, 7) is 7.09. The summed E-state index contributed by atoms with van der Waals surface area (Å²) >= 11 is 0. The van der Waals surface area contributed by atoms with Gasteiger partial charge in [-0.2, -0.15) is 0 Å². The zero-order valence-corrected chi connectivity index (χ0v) is 16.1. The third-order valence-corrected chi connectivity index (χ3v) is 5.41. The summed E-state index contributed by atoms with van der Waals surface area (Å²) in [7, 11) is 3.39. The van der Waals surface area contributed by atoms with Gasteiger partial charge in [0.25, 0.3) is 0 Å². The van der Waals surface area contributed by atoms with E-state index in [4.69, 9.17) is 9.47 Å². The molecule has 2 heterocycles. The van der Waals surface area contributed by atoms with Gasteiger partial charge in [0.1, 0.15) is 11.5 Å². The van der Waals surface area contributed by atoms with E-state index in [1.807, 2.05) is 23.1 Å². The smallest absolute Gasteiger partial charge is 0.236 e. The lowest BCUT2D eigenvalue weighted by Gasteiger charge is -2.36. The van der Waals surface area contributed by atoms with Gasteiger partial charge in [0.2, 0.25) is 5.91 Å². The van der Waals surface area contributed by atoms with E-state index in [2.05, 4.69) is 9.80 Å². The predicted molar refractivity (Wildman–Crippen MR) is 102 cm³/mol. The van der Waals surface area contributed by atoms with Gasteiger partial charge >= 0.3 is 0 Å². The van der Waals surface area contributed by atoms with Crippen LogP contribution in [0.5, 0.6) is 11.5 Å². The zero-order chi connectivity index (χ0) is 18.4. The van der Waals surface area contributed by atoms with Crippen molar-refractivity contribution in [2.45, 2.75) is 25.8 Å². The van der Waals surface area contributed by atoms with E-state index >= 15 is 0 Å². The molecular weight excluding hydrogens is 330 g/mol. The van der Waals surface area contributed by atoms with Crippen LogP contribution in [0.1, 0.15) is 24.8 Å². The van der Waals surface area contributed by atoms with Crippen LogP contribution in [0, 0.1) is 0 Å². The molecule has 1 aromatic carbocycles. The number of benzene rings is 1. The Kier molecular flexibility index (Phi) is 6.74. The van der Waals surface area contributed by atoms with Crippen LogP contribution in [-0.4, -0.2) is 80.6 Å². The lowest BCUT2D eigenvalue weighted by atomic mass is 10.1. The van der Waals surface area contributed by atoms with Crippen LogP contribution in [0.15, 0.2) is 18.2 Å². The van der Waals surface area contributed by atoms with Crippen LogP contribution >= 0.6 is 0 Å². The highest BCUT2D eigenvalue weighted by atomic mass is 16.5. The Morgan fingerprint density at radius 3 is 2.27 bits per heavy atom. The van der Waals surface area contributed by atoms with Crippen molar-refractivity contribution in [2.24, 2.45) is 0 Å². The summed E-state index contributed by atoms with van der Waals surface area (Å²) in [6, 6.07) is 5.93. The fourth-order valence-electron chi connectivity index (χ4n) is 3.79. The third-order valence-electron chi connectivity index (χ3n) is 5.41. The molecule has 0 radical (unpaired) electrons. The van der Waals surface area contributed by atoms with E-state index in [1.54, 1.807) is 14.2 Å². The first kappa shape index (κ1) is 19.0. The average Bonchev–Trinajstić information content (AvgIpc) is 2.70. The quantitative estimate of drug-likeness (QED) is 0.774. The molecule has 6 nitrogen and oxygen atoms in total. The molecule has 2 fully saturated rings. The molecule has 144 valence electrons. The second kappa shape index (κ2) is 9.24. The number of likely N-dealkylation sites (tertiary alicyclic amines) is 1. The van der Waals surface area contributed by atoms with Crippen molar-refractivity contribution in [1.29, 1.82) is 0 Å². The molecule has 0 N–H and O–H groups in total. The number of methoxy groups -OCH3 is 2. The lowest BCUT2D eigenvalue weighted by Crippen LogP contribution is -2.50. The number of rotatable bonds is 6. The van der Waals surface area contributed by atoms with Gasteiger partial charge in [-0.25, -0.2) is 0 Å². The Labute approximate surface area is 156 Å². The molecule has 0 unspecified atom stereocenters. The number of hydrogen-bond donors (Lipinski definition) is 0. The molecule has 0 spiro atoms. The SMILES string of the molecule is COc1ccc(OC)c(CN2CCN(CC(=O)N3CCCCC3)CC2)c1. The van der Waals surface area contributed by atoms with Crippen LogP contribution in [-0.2, 0) is 11.3 Å². The number of piperidine rings is 1. The van der Waals surface area contributed by atoms with Gasteiger partial charge in [-0.3, -0.25) is 14.6 Å². The minimum Gasteiger partial charge on any atom is -0.497 e. The second-order valence-electron chi connectivity index (χ2n) is 7.17. The minimum absolute atomic E-state index is 0.299. The highest BCUT2D eigenvalue weighted by Crippen LogP contribution is 2.25. The van der Waals surface area contributed by atoms with Crippen LogP contribution in [0.2, 0.25) is 0 Å². The van der Waals surface area contributed by atoms with Crippen molar-refractivity contribution in [1.82, 2.24) is 14.7 Å². The van der Waals surface area contributed by atoms with Crippen molar-refractivity contribution in [3.63, 3.8) is 0 Å². The Balaban J connectivity index is 1.48. The number of ether oxygens (including phenoxy) is 2. The third kappa shape index (κ3) is 4.89. The Hall–Kier alpha value is -1.79. The van der Waals surface area contributed by atoms with Crippen molar-refractivity contribution in [2.75, 3.05) is 60.0 Å². The van der Waals surface area contributed by atoms with Gasteiger partial charge in [-0.05, 0) is 37.5 Å². The second-order valence-corrected chi connectivity index (χ2v) is 7.17. The van der Waals surface area contributed by atoms with E-state index in [0.29, 0.717) is 12.5 Å². The van der Waals surface area contributed by atoms with Crippen LogP contribution in [0.3, 0.4) is 0 Å². The lowest BCUT2D eigenvalue weighted by molar-refractivity contribution is -0.133. The largest absolute Gasteiger partial charge is 0.497 e. The minimum atomic E-state index is 0.299. The maximum Gasteiger partial charge on any atom is 0.236 e. The number of hydrogen-bond acceptors (Lipinski definition) is 5. The molecule has 3 rings (SSSR count). The molecule has 26 heavy (non-hydrogen) atoms. The van der Waals surface area contributed by atoms with Gasteiger partial charge in [-0.1, -0.05) is 0 Å². The van der Waals surface area contributed by atoms with E-state index < -0.39 is 0 Å². The number of piperazine rings is 1. The first-order valence-corrected chi connectivity index (χ1v) is 9.63. The topological polar surface area (TPSA) is 45.3 Å². The molecule has 0 aromatic heterocycles. The normalized spacial score (nSPS) is 19.4. The predicted octanol–water partition coefficient (Wildman–Crippen LogP) is 1.83. The molecule has 2 saturated heterocycles. The fraction of sp³-hybridized carbons (Fsp3) is 0.650. The number of carbonyl (C=O) groups is 1. The molecule has 6 heteroatoms. The molecule has 0 saturated carbocycles. The van der Waals surface area contributed by atoms with Gasteiger partial charge in [0, 0.05) is 51.4 Å². The van der Waals surface area contributed by atoms with Crippen molar-refractivity contribution in [3.8, 4) is 11.5 Å². The molecule has 2 aliphatic heterocycles. The zero-order valence-electron chi connectivity index (χ0n) is 16.1. The molecule has 0 bridgehead atoms. The fourth-order valence-corrected chi connectivity index (χ4v) is 3.79. The highest BCUT2D eigenvalue weighted by molar-refractivity contribution is 5.78. The van der Waals surface area contributed by atoms with E-state index in [1.165, 1.54) is 6.42 Å². The monoisotopic (exact) mass is 361 g/mol. The maximum absolute atomic E-state index is 12.4. The molecule has 1 amide bonds. The maximum atomic E-state index is 12.4. The molecule has 0 atom stereocenters. The van der Waals surface area contributed by atoms with Crippen LogP contribution < -0.4 is 9.47 Å². The molecule has 0 aliphatic carbocycles. The Morgan fingerprint density at radius 2 is 1.62 bits per heavy atom. The summed E-state index contributed by atoms with van der Waals surface area (Å²) in [4.78, 5) is 19.2. The first-order valence-electron chi connectivity index (χ1n) is 9.63. The average molecular weight is 361 g/mol. The summed E-state index contributed by atoms with van der Waals surface area (Å²) in [5, 5.41) is 0. The van der Waals surface area contributed by atoms with E-state index in [0.717, 1.165) is 75.7 Å². The van der Waals surface area contributed by atoms with Crippen molar-refractivity contribution >= 4 is 5.91 Å². The highest BCUT2D eigenvalue weighted by Gasteiger charge is 2.23. The molecular formula is C20H31N3O3. The summed E-state index contributed by atoms with van der Waals surface area (Å²) in [5.41, 5.74) is 1.14. The van der Waals surface area contributed by atoms with Gasteiger partial charge in [0.05, 0.1) is 20.8 Å². The summed E-state index contributed by atoms with van der Waals surface area (Å²) < 4.78 is 10.8. The van der Waals surface area contributed by atoms with E-state index in [-0.39, 0.29) is 0 Å². The Bertz CT molecular complexity index is 594. The summed E-state index contributed by atoms with van der Waals surface area (Å²) in [5.74, 6) is 2.05. The summed E-state index contributed by atoms with van der Waals surface area (Å²) in [6.07, 6.45) is 3.57. The standard InChI is InChI=1S/C20H31N3O3/c1-25-18-6-7-19(26-2)17(14-18)15-21-10-12-22(13-11-21)16-20(24)23-8-4-3-5-9-23/h6-7,14H,3-5,8-13,15-16H2,1-2H3. The van der Waals surface area contributed by atoms with Crippen molar-refractivity contribution < 1.29 is 14.3 Å². The van der Waals surface area contributed by atoms with Crippen molar-refractivity contribution in [3.05, 3.63) is 23.8 Å². The first-order chi connectivity index (χ1) is 12.7.